The molecular weight excluding hydrogens is 212 g/mol. The van der Waals surface area contributed by atoms with Gasteiger partial charge in [-0.05, 0) is 31.7 Å². The fraction of sp³-hybridized carbons (Fsp3) is 0.500. The van der Waals surface area contributed by atoms with Crippen molar-refractivity contribution in [3.8, 4) is 0 Å². The highest BCUT2D eigenvalue weighted by Gasteiger charge is 2.27. The summed E-state index contributed by atoms with van der Waals surface area (Å²) in [6.45, 7) is 1.94. The Morgan fingerprint density at radius 3 is 2.65 bits per heavy atom. The average Bonchev–Trinajstić information content (AvgIpc) is 2.75. The predicted molar refractivity (Wildman–Crippen MR) is 68.6 cm³/mol. The third-order valence-electron chi connectivity index (χ3n) is 3.59. The molecule has 1 aromatic carbocycles. The summed E-state index contributed by atoms with van der Waals surface area (Å²) >= 11 is 0. The van der Waals surface area contributed by atoms with Gasteiger partial charge in [0.2, 0.25) is 5.91 Å². The van der Waals surface area contributed by atoms with E-state index < -0.39 is 0 Å². The Morgan fingerprint density at radius 1 is 1.35 bits per heavy atom. The molecule has 0 bridgehead atoms. The van der Waals surface area contributed by atoms with Crippen LogP contribution in [-0.4, -0.2) is 18.0 Å². The Morgan fingerprint density at radius 2 is 2.06 bits per heavy atom. The molecule has 3 N–H and O–H groups in total. The molecule has 0 spiro atoms. The van der Waals surface area contributed by atoms with E-state index in [-0.39, 0.29) is 23.9 Å². The molecule has 17 heavy (non-hydrogen) atoms. The molecule has 0 saturated heterocycles. The second-order valence-corrected chi connectivity index (χ2v) is 4.84. The number of hydrogen-bond donors (Lipinski definition) is 2. The minimum atomic E-state index is -0.107. The minimum absolute atomic E-state index is 0.0820. The van der Waals surface area contributed by atoms with E-state index in [4.69, 9.17) is 5.73 Å². The fourth-order valence-corrected chi connectivity index (χ4v) is 2.37. The van der Waals surface area contributed by atoms with Crippen molar-refractivity contribution in [3.05, 3.63) is 35.9 Å². The van der Waals surface area contributed by atoms with E-state index >= 15 is 0 Å². The van der Waals surface area contributed by atoms with Gasteiger partial charge in [0.1, 0.15) is 0 Å². The molecule has 1 aliphatic carbocycles. The summed E-state index contributed by atoms with van der Waals surface area (Å²) in [5.74, 6) is -0.0254. The lowest BCUT2D eigenvalue weighted by atomic mass is 10.00. The zero-order chi connectivity index (χ0) is 12.3. The van der Waals surface area contributed by atoms with Crippen molar-refractivity contribution < 1.29 is 4.79 Å². The lowest BCUT2D eigenvalue weighted by Crippen LogP contribution is -2.45. The Kier molecular flexibility index (Phi) is 3.79. The first-order valence-corrected chi connectivity index (χ1v) is 6.29. The molecule has 1 amide bonds. The van der Waals surface area contributed by atoms with Crippen molar-refractivity contribution in [1.29, 1.82) is 0 Å². The molecule has 0 heterocycles. The number of amides is 1. The van der Waals surface area contributed by atoms with Gasteiger partial charge in [-0.3, -0.25) is 4.79 Å². The van der Waals surface area contributed by atoms with Crippen molar-refractivity contribution in [2.75, 3.05) is 0 Å². The van der Waals surface area contributed by atoms with Crippen molar-refractivity contribution in [3.63, 3.8) is 0 Å². The normalized spacial score (nSPS) is 25.5. The molecule has 1 aromatic rings. The number of nitrogens with one attached hydrogen (secondary N) is 1. The van der Waals surface area contributed by atoms with Crippen LogP contribution in [0.4, 0.5) is 0 Å². The van der Waals surface area contributed by atoms with Gasteiger partial charge < -0.3 is 11.1 Å². The van der Waals surface area contributed by atoms with Gasteiger partial charge >= 0.3 is 0 Å². The van der Waals surface area contributed by atoms with E-state index in [0.717, 1.165) is 24.8 Å². The minimum Gasteiger partial charge on any atom is -0.351 e. The summed E-state index contributed by atoms with van der Waals surface area (Å²) in [5.41, 5.74) is 7.00. The van der Waals surface area contributed by atoms with Gasteiger partial charge in [0, 0.05) is 12.1 Å². The smallest absolute Gasteiger partial charge is 0.227 e. The van der Waals surface area contributed by atoms with Crippen LogP contribution in [0.3, 0.4) is 0 Å². The van der Waals surface area contributed by atoms with Crippen LogP contribution in [0.5, 0.6) is 0 Å². The van der Waals surface area contributed by atoms with Crippen LogP contribution in [0.1, 0.15) is 37.7 Å². The number of nitrogens with two attached hydrogens (primary N) is 1. The molecule has 2 rings (SSSR count). The van der Waals surface area contributed by atoms with E-state index in [9.17, 15) is 4.79 Å². The Balaban J connectivity index is 1.96. The average molecular weight is 232 g/mol. The van der Waals surface area contributed by atoms with E-state index in [0.29, 0.717) is 0 Å². The first-order chi connectivity index (χ1) is 8.18. The highest BCUT2D eigenvalue weighted by molar-refractivity contribution is 5.83. The molecule has 1 aliphatic rings. The molecule has 3 atom stereocenters. The van der Waals surface area contributed by atoms with E-state index in [2.05, 4.69) is 5.32 Å². The summed E-state index contributed by atoms with van der Waals surface area (Å²) in [7, 11) is 0. The van der Waals surface area contributed by atoms with E-state index in [1.807, 2.05) is 37.3 Å². The van der Waals surface area contributed by atoms with Gasteiger partial charge in [-0.15, -0.1) is 0 Å². The van der Waals surface area contributed by atoms with Crippen LogP contribution in [0.15, 0.2) is 30.3 Å². The summed E-state index contributed by atoms with van der Waals surface area (Å²) in [4.78, 5) is 12.1. The van der Waals surface area contributed by atoms with Crippen LogP contribution in [0, 0.1) is 0 Å². The monoisotopic (exact) mass is 232 g/mol. The zero-order valence-corrected chi connectivity index (χ0v) is 10.2. The van der Waals surface area contributed by atoms with Gasteiger partial charge in [-0.2, -0.15) is 0 Å². The van der Waals surface area contributed by atoms with Crippen LogP contribution < -0.4 is 11.1 Å². The maximum absolute atomic E-state index is 12.1. The molecule has 0 aliphatic heterocycles. The molecule has 0 aromatic heterocycles. The molecule has 92 valence electrons. The standard InChI is InChI=1S/C14H20N2O/c1-10(11-6-3-2-4-7-11)14(17)16-13-9-5-8-12(13)15/h2-4,6-7,10,12-13H,5,8-9,15H2,1H3,(H,16,17). The first kappa shape index (κ1) is 12.1. The van der Waals surface area contributed by atoms with Crippen LogP contribution >= 0.6 is 0 Å². The molecule has 1 fully saturated rings. The maximum atomic E-state index is 12.1. The molecule has 1 saturated carbocycles. The van der Waals surface area contributed by atoms with Crippen molar-refractivity contribution >= 4 is 5.91 Å². The molecule has 3 nitrogen and oxygen atoms in total. The summed E-state index contributed by atoms with van der Waals surface area (Å²) in [6, 6.07) is 10.1. The highest BCUT2D eigenvalue weighted by atomic mass is 16.1. The van der Waals surface area contributed by atoms with Crippen LogP contribution in [0.2, 0.25) is 0 Å². The second-order valence-electron chi connectivity index (χ2n) is 4.84. The van der Waals surface area contributed by atoms with Crippen LogP contribution in [0.25, 0.3) is 0 Å². The van der Waals surface area contributed by atoms with Gasteiger partial charge in [0.15, 0.2) is 0 Å². The lowest BCUT2D eigenvalue weighted by molar-refractivity contribution is -0.123. The number of carbonyl (C=O) groups is 1. The van der Waals surface area contributed by atoms with E-state index in [1.165, 1.54) is 0 Å². The summed E-state index contributed by atoms with van der Waals surface area (Å²) < 4.78 is 0. The van der Waals surface area contributed by atoms with Crippen LogP contribution in [-0.2, 0) is 4.79 Å². The number of benzene rings is 1. The number of hydrogen-bond acceptors (Lipinski definition) is 2. The number of rotatable bonds is 3. The highest BCUT2D eigenvalue weighted by Crippen LogP contribution is 2.20. The fourth-order valence-electron chi connectivity index (χ4n) is 2.37. The topological polar surface area (TPSA) is 55.1 Å². The molecule has 3 heteroatoms. The lowest BCUT2D eigenvalue weighted by Gasteiger charge is -2.20. The summed E-state index contributed by atoms with van der Waals surface area (Å²) in [6.07, 6.45) is 3.14. The van der Waals surface area contributed by atoms with E-state index in [1.54, 1.807) is 0 Å². The van der Waals surface area contributed by atoms with Crippen molar-refractivity contribution in [2.45, 2.75) is 44.2 Å². The third-order valence-corrected chi connectivity index (χ3v) is 3.59. The summed E-state index contributed by atoms with van der Waals surface area (Å²) in [5, 5.41) is 3.06. The Bertz CT molecular complexity index is 377. The molecule has 3 unspecified atom stereocenters. The SMILES string of the molecule is CC(C(=O)NC1CCCC1N)c1ccccc1. The third kappa shape index (κ3) is 2.86. The first-order valence-electron chi connectivity index (χ1n) is 6.29. The van der Waals surface area contributed by atoms with Gasteiger partial charge in [0.05, 0.1) is 5.92 Å². The van der Waals surface area contributed by atoms with Crippen molar-refractivity contribution in [2.24, 2.45) is 5.73 Å². The maximum Gasteiger partial charge on any atom is 0.227 e. The van der Waals surface area contributed by atoms with Gasteiger partial charge in [-0.1, -0.05) is 30.3 Å². The Hall–Kier alpha value is -1.35. The van der Waals surface area contributed by atoms with Gasteiger partial charge in [-0.25, -0.2) is 0 Å². The largest absolute Gasteiger partial charge is 0.351 e. The Labute approximate surface area is 102 Å². The quantitative estimate of drug-likeness (QED) is 0.834. The zero-order valence-electron chi connectivity index (χ0n) is 10.2. The molecular formula is C14H20N2O. The molecule has 0 radical (unpaired) electrons. The van der Waals surface area contributed by atoms with Gasteiger partial charge in [0.25, 0.3) is 0 Å². The number of carbonyl (C=O) groups excluding carboxylic acids is 1. The second kappa shape index (κ2) is 5.32. The predicted octanol–water partition coefficient (Wildman–Crippen LogP) is 1.79. The van der Waals surface area contributed by atoms with Crippen molar-refractivity contribution in [1.82, 2.24) is 5.32 Å².